The number of nitrogens with zero attached hydrogens (tertiary/aromatic N) is 2. The molecular formula is C15H10F5IN2O2. The van der Waals surface area contributed by atoms with Crippen molar-refractivity contribution in [3.63, 3.8) is 0 Å². The number of hydrogen-bond donors (Lipinski definition) is 0. The SMILES string of the molecule is Fc1ccc(OC(F)(F)F)cc1C1(F)CC(Oc2cnc(I)cn2)C1. The molecule has 1 aromatic heterocycles. The van der Waals surface area contributed by atoms with Gasteiger partial charge in [-0.05, 0) is 40.8 Å². The molecule has 1 aromatic carbocycles. The zero-order chi connectivity index (χ0) is 18.2. The predicted octanol–water partition coefficient (Wildman–Crippen LogP) is 4.53. The summed E-state index contributed by atoms with van der Waals surface area (Å²) in [4.78, 5) is 7.93. The lowest BCUT2D eigenvalue weighted by Gasteiger charge is -2.41. The van der Waals surface area contributed by atoms with Crippen LogP contribution in [-0.2, 0) is 5.67 Å². The maximum Gasteiger partial charge on any atom is 0.573 e. The van der Waals surface area contributed by atoms with Gasteiger partial charge in [-0.2, -0.15) is 0 Å². The quantitative estimate of drug-likeness (QED) is 0.485. The number of aromatic nitrogens is 2. The first-order chi connectivity index (χ1) is 11.6. The third-order valence-electron chi connectivity index (χ3n) is 3.64. The summed E-state index contributed by atoms with van der Waals surface area (Å²) in [5.41, 5.74) is -2.61. The van der Waals surface area contributed by atoms with Crippen LogP contribution in [0.25, 0.3) is 0 Å². The molecule has 0 N–H and O–H groups in total. The highest BCUT2D eigenvalue weighted by atomic mass is 127. The van der Waals surface area contributed by atoms with Gasteiger partial charge in [-0.1, -0.05) is 0 Å². The highest BCUT2D eigenvalue weighted by Crippen LogP contribution is 2.48. The Labute approximate surface area is 152 Å². The Balaban J connectivity index is 1.70. The van der Waals surface area contributed by atoms with Gasteiger partial charge in [0.05, 0.1) is 12.4 Å². The molecule has 1 saturated carbocycles. The van der Waals surface area contributed by atoms with Crippen LogP contribution in [0.15, 0.2) is 30.6 Å². The van der Waals surface area contributed by atoms with E-state index in [4.69, 9.17) is 4.74 Å². The Kier molecular flexibility index (Phi) is 4.73. The fourth-order valence-corrected chi connectivity index (χ4v) is 2.82. The van der Waals surface area contributed by atoms with Gasteiger partial charge in [0.2, 0.25) is 5.88 Å². The Hall–Kier alpha value is -1.72. The Morgan fingerprint density at radius 1 is 1.16 bits per heavy atom. The molecule has 3 rings (SSSR count). The van der Waals surface area contributed by atoms with Gasteiger partial charge in [0, 0.05) is 18.4 Å². The van der Waals surface area contributed by atoms with E-state index < -0.39 is 35.3 Å². The second-order valence-electron chi connectivity index (χ2n) is 5.48. The third-order valence-corrected chi connectivity index (χ3v) is 4.20. The molecule has 1 fully saturated rings. The van der Waals surface area contributed by atoms with E-state index in [2.05, 4.69) is 14.7 Å². The van der Waals surface area contributed by atoms with Crippen molar-refractivity contribution in [2.75, 3.05) is 0 Å². The summed E-state index contributed by atoms with van der Waals surface area (Å²) >= 11 is 1.96. The van der Waals surface area contributed by atoms with Crippen molar-refractivity contribution >= 4 is 22.6 Å². The third kappa shape index (κ3) is 4.28. The lowest BCUT2D eigenvalue weighted by molar-refractivity contribution is -0.274. The lowest BCUT2D eigenvalue weighted by Crippen LogP contribution is -2.45. The molecule has 1 heterocycles. The van der Waals surface area contributed by atoms with Crippen LogP contribution in [0.4, 0.5) is 22.0 Å². The zero-order valence-electron chi connectivity index (χ0n) is 12.4. The summed E-state index contributed by atoms with van der Waals surface area (Å²) in [6.45, 7) is 0. The molecule has 2 aromatic rings. The lowest BCUT2D eigenvalue weighted by atomic mass is 9.74. The van der Waals surface area contributed by atoms with Gasteiger partial charge < -0.3 is 9.47 Å². The predicted molar refractivity (Wildman–Crippen MR) is 84.3 cm³/mol. The second kappa shape index (κ2) is 6.54. The van der Waals surface area contributed by atoms with E-state index in [1.165, 1.54) is 12.4 Å². The average Bonchev–Trinajstić information content (AvgIpc) is 2.48. The molecule has 0 saturated heterocycles. The molecule has 1 aliphatic rings. The Morgan fingerprint density at radius 2 is 1.88 bits per heavy atom. The van der Waals surface area contributed by atoms with Crippen LogP contribution >= 0.6 is 22.6 Å². The van der Waals surface area contributed by atoms with Gasteiger partial charge in [0.1, 0.15) is 27.0 Å². The first-order valence-corrected chi connectivity index (χ1v) is 8.11. The average molecular weight is 472 g/mol. The topological polar surface area (TPSA) is 44.2 Å². The molecule has 0 amide bonds. The first kappa shape index (κ1) is 18.1. The number of hydrogen-bond acceptors (Lipinski definition) is 4. The molecule has 134 valence electrons. The minimum atomic E-state index is -4.94. The van der Waals surface area contributed by atoms with E-state index in [1.54, 1.807) is 0 Å². The van der Waals surface area contributed by atoms with Gasteiger partial charge in [0.25, 0.3) is 0 Å². The minimum absolute atomic E-state index is 0.196. The van der Waals surface area contributed by atoms with Crippen molar-refractivity contribution in [1.82, 2.24) is 9.97 Å². The summed E-state index contributed by atoms with van der Waals surface area (Å²) in [6, 6.07) is 2.27. The van der Waals surface area contributed by atoms with Crippen LogP contribution in [0.1, 0.15) is 18.4 Å². The maximum atomic E-state index is 14.8. The highest BCUT2D eigenvalue weighted by molar-refractivity contribution is 14.1. The van der Waals surface area contributed by atoms with Gasteiger partial charge in [-0.15, -0.1) is 13.2 Å². The van der Waals surface area contributed by atoms with Crippen LogP contribution in [0.5, 0.6) is 11.6 Å². The van der Waals surface area contributed by atoms with Crippen LogP contribution in [-0.4, -0.2) is 22.4 Å². The van der Waals surface area contributed by atoms with Crippen LogP contribution < -0.4 is 9.47 Å². The standard InChI is InChI=1S/C15H10F5IN2O2/c16-11-2-1-8(25-15(18,19)20)3-10(11)14(17)4-9(5-14)24-13-7-22-12(21)6-23-13/h1-3,6-7,9H,4-5H2. The van der Waals surface area contributed by atoms with Crippen molar-refractivity contribution in [2.45, 2.75) is 31.0 Å². The molecule has 0 radical (unpaired) electrons. The summed E-state index contributed by atoms with van der Waals surface area (Å²) in [5.74, 6) is -1.42. The smallest absolute Gasteiger partial charge is 0.473 e. The second-order valence-corrected chi connectivity index (χ2v) is 6.59. The molecule has 0 atom stereocenters. The molecule has 0 spiro atoms. The van der Waals surface area contributed by atoms with Gasteiger partial charge in [0.15, 0.2) is 0 Å². The molecule has 1 aliphatic carbocycles. The maximum absolute atomic E-state index is 14.8. The van der Waals surface area contributed by atoms with E-state index in [0.717, 1.165) is 18.2 Å². The van der Waals surface area contributed by atoms with E-state index in [9.17, 15) is 22.0 Å². The first-order valence-electron chi connectivity index (χ1n) is 7.03. The fourth-order valence-electron chi connectivity index (χ4n) is 2.54. The highest BCUT2D eigenvalue weighted by Gasteiger charge is 2.49. The van der Waals surface area contributed by atoms with E-state index in [1.807, 2.05) is 22.6 Å². The van der Waals surface area contributed by atoms with Gasteiger partial charge >= 0.3 is 6.36 Å². The van der Waals surface area contributed by atoms with Crippen molar-refractivity contribution in [2.24, 2.45) is 0 Å². The molecule has 0 aliphatic heterocycles. The largest absolute Gasteiger partial charge is 0.573 e. The molecular weight excluding hydrogens is 462 g/mol. The van der Waals surface area contributed by atoms with E-state index in [-0.39, 0.29) is 18.7 Å². The van der Waals surface area contributed by atoms with Gasteiger partial charge in [-0.3, -0.25) is 0 Å². The fraction of sp³-hybridized carbons (Fsp3) is 0.333. The Bertz CT molecular complexity index is 764. The number of ether oxygens (including phenoxy) is 2. The number of halogens is 6. The van der Waals surface area contributed by atoms with Crippen LogP contribution in [0.2, 0.25) is 0 Å². The minimum Gasteiger partial charge on any atom is -0.473 e. The van der Waals surface area contributed by atoms with Crippen LogP contribution in [0, 0.1) is 9.52 Å². The summed E-state index contributed by atoms with van der Waals surface area (Å²) < 4.78 is 75.3. The summed E-state index contributed by atoms with van der Waals surface area (Å²) in [6.07, 6.45) is -3.10. The Morgan fingerprint density at radius 3 is 2.48 bits per heavy atom. The summed E-state index contributed by atoms with van der Waals surface area (Å²) in [5, 5.41) is 0. The number of benzene rings is 1. The van der Waals surface area contributed by atoms with Crippen molar-refractivity contribution in [3.05, 3.63) is 45.7 Å². The molecule has 0 unspecified atom stereocenters. The zero-order valence-corrected chi connectivity index (χ0v) is 14.5. The molecule has 25 heavy (non-hydrogen) atoms. The normalized spacial score (nSPS) is 23.0. The van der Waals surface area contributed by atoms with E-state index in [0.29, 0.717) is 3.70 Å². The molecule has 0 bridgehead atoms. The van der Waals surface area contributed by atoms with Crippen molar-refractivity contribution in [1.29, 1.82) is 0 Å². The summed E-state index contributed by atoms with van der Waals surface area (Å²) in [7, 11) is 0. The molecule has 4 nitrogen and oxygen atoms in total. The number of rotatable bonds is 4. The van der Waals surface area contributed by atoms with Crippen molar-refractivity contribution < 1.29 is 31.4 Å². The monoisotopic (exact) mass is 472 g/mol. The van der Waals surface area contributed by atoms with Crippen molar-refractivity contribution in [3.8, 4) is 11.6 Å². The van der Waals surface area contributed by atoms with Gasteiger partial charge in [-0.25, -0.2) is 18.7 Å². The van der Waals surface area contributed by atoms with Crippen LogP contribution in [0.3, 0.4) is 0 Å². The number of alkyl halides is 4. The van der Waals surface area contributed by atoms with E-state index >= 15 is 0 Å². The molecule has 10 heteroatoms.